The molecule has 0 aliphatic carbocycles. The van der Waals surface area contributed by atoms with Crippen LogP contribution in [-0.2, 0) is 6.42 Å². The lowest BCUT2D eigenvalue weighted by Gasteiger charge is -2.09. The van der Waals surface area contributed by atoms with Gasteiger partial charge in [-0.2, -0.15) is 0 Å². The molecule has 21 heavy (non-hydrogen) atoms. The number of urea groups is 1. The van der Waals surface area contributed by atoms with E-state index in [1.807, 2.05) is 6.92 Å². The van der Waals surface area contributed by atoms with Crippen LogP contribution < -0.4 is 16.4 Å². The van der Waals surface area contributed by atoms with Crippen LogP contribution in [0.5, 0.6) is 0 Å². The number of hydrogen-bond acceptors (Lipinski definition) is 6. The molecule has 1 aromatic rings. The number of nitrogens with one attached hydrogen (secondary N) is 2. The molecule has 0 aliphatic rings. The normalized spacial score (nSPS) is 9.95. The molecule has 1 rings (SSSR count). The van der Waals surface area contributed by atoms with Crippen LogP contribution in [0, 0.1) is 15.0 Å². The van der Waals surface area contributed by atoms with Gasteiger partial charge in [0.1, 0.15) is 0 Å². The van der Waals surface area contributed by atoms with E-state index in [4.69, 9.17) is 5.73 Å². The summed E-state index contributed by atoms with van der Waals surface area (Å²) in [6, 6.07) is 2.33. The highest BCUT2D eigenvalue weighted by molar-refractivity contribution is 5.77. The average Bonchev–Trinajstić information content (AvgIpc) is 2.46. The summed E-state index contributed by atoms with van der Waals surface area (Å²) in [5, 5.41) is 18.6. The van der Waals surface area contributed by atoms with Gasteiger partial charge in [-0.25, -0.2) is 4.79 Å². The Balaban J connectivity index is 2.70. The number of nitrogens with zero attached hydrogens (tertiary/aromatic N) is 2. The predicted molar refractivity (Wildman–Crippen MR) is 78.4 cm³/mol. The third-order valence-corrected chi connectivity index (χ3v) is 2.79. The van der Waals surface area contributed by atoms with Gasteiger partial charge >= 0.3 is 11.7 Å². The smallest absolute Gasteiger partial charge is 0.314 e. The zero-order chi connectivity index (χ0) is 15.8. The number of benzene rings is 1. The number of anilines is 1. The SMILES string of the molecule is CCCNC(=O)NCCc1ccc([N+](=O)[O-])c(N=O)c1N. The first-order valence-corrected chi connectivity index (χ1v) is 6.42. The lowest BCUT2D eigenvalue weighted by atomic mass is 10.1. The van der Waals surface area contributed by atoms with Crippen molar-refractivity contribution in [2.75, 3.05) is 18.8 Å². The lowest BCUT2D eigenvalue weighted by Crippen LogP contribution is -2.36. The van der Waals surface area contributed by atoms with Crippen molar-refractivity contribution in [2.24, 2.45) is 5.18 Å². The van der Waals surface area contributed by atoms with E-state index in [0.717, 1.165) is 6.42 Å². The van der Waals surface area contributed by atoms with Gasteiger partial charge in [0.05, 0.1) is 10.6 Å². The Morgan fingerprint density at radius 3 is 2.62 bits per heavy atom. The fraction of sp³-hybridized carbons (Fsp3) is 0.417. The fourth-order valence-electron chi connectivity index (χ4n) is 1.71. The highest BCUT2D eigenvalue weighted by Crippen LogP contribution is 2.35. The number of nitrogen functional groups attached to an aromatic ring is 1. The van der Waals surface area contributed by atoms with Crippen molar-refractivity contribution in [3.63, 3.8) is 0 Å². The third-order valence-electron chi connectivity index (χ3n) is 2.79. The van der Waals surface area contributed by atoms with Crippen molar-refractivity contribution >= 4 is 23.1 Å². The number of nitroso groups, excluding NO2 is 1. The largest absolute Gasteiger partial charge is 0.396 e. The highest BCUT2D eigenvalue weighted by Gasteiger charge is 2.20. The Morgan fingerprint density at radius 1 is 1.38 bits per heavy atom. The second-order valence-corrected chi connectivity index (χ2v) is 4.29. The van der Waals surface area contributed by atoms with Gasteiger partial charge in [-0.1, -0.05) is 6.92 Å². The molecule has 0 bridgehead atoms. The maximum Gasteiger partial charge on any atom is 0.314 e. The van der Waals surface area contributed by atoms with Crippen LogP contribution in [0.1, 0.15) is 18.9 Å². The van der Waals surface area contributed by atoms with Crippen LogP contribution >= 0.6 is 0 Å². The average molecular weight is 295 g/mol. The van der Waals surface area contributed by atoms with E-state index in [-0.39, 0.29) is 24.0 Å². The Bertz CT molecular complexity index is 547. The summed E-state index contributed by atoms with van der Waals surface area (Å²) < 4.78 is 0. The minimum Gasteiger partial charge on any atom is -0.396 e. The van der Waals surface area contributed by atoms with E-state index in [9.17, 15) is 19.8 Å². The number of rotatable bonds is 7. The quantitative estimate of drug-likeness (QED) is 0.304. The minimum absolute atomic E-state index is 0.0324. The summed E-state index contributed by atoms with van der Waals surface area (Å²) in [6.45, 7) is 2.80. The summed E-state index contributed by atoms with van der Waals surface area (Å²) in [7, 11) is 0. The molecule has 9 nitrogen and oxygen atoms in total. The van der Waals surface area contributed by atoms with Crippen LogP contribution in [-0.4, -0.2) is 24.0 Å². The van der Waals surface area contributed by atoms with Gasteiger partial charge in [-0.15, -0.1) is 4.91 Å². The predicted octanol–water partition coefficient (Wildman–Crippen LogP) is 1.83. The van der Waals surface area contributed by atoms with Gasteiger partial charge in [0.2, 0.25) is 5.69 Å². The molecule has 0 aromatic heterocycles. The monoisotopic (exact) mass is 295 g/mol. The summed E-state index contributed by atoms with van der Waals surface area (Å²) in [6.07, 6.45) is 1.17. The molecule has 9 heteroatoms. The molecule has 0 aliphatic heterocycles. The van der Waals surface area contributed by atoms with E-state index < -0.39 is 10.6 Å². The van der Waals surface area contributed by atoms with Crippen molar-refractivity contribution in [3.05, 3.63) is 32.7 Å². The first-order valence-electron chi connectivity index (χ1n) is 6.42. The molecule has 0 spiro atoms. The number of amides is 2. The van der Waals surface area contributed by atoms with Crippen LogP contribution in [0.15, 0.2) is 17.3 Å². The molecule has 2 amide bonds. The molecule has 0 saturated heterocycles. The van der Waals surface area contributed by atoms with E-state index in [0.29, 0.717) is 18.5 Å². The first-order chi connectivity index (χ1) is 10.0. The molecule has 0 radical (unpaired) electrons. The number of nitro groups is 1. The Kier molecular flexibility index (Phi) is 6.05. The van der Waals surface area contributed by atoms with E-state index in [1.165, 1.54) is 12.1 Å². The van der Waals surface area contributed by atoms with Gasteiger partial charge in [0, 0.05) is 19.2 Å². The molecule has 0 atom stereocenters. The van der Waals surface area contributed by atoms with Gasteiger partial charge in [0.25, 0.3) is 0 Å². The van der Waals surface area contributed by atoms with Crippen LogP contribution in [0.3, 0.4) is 0 Å². The van der Waals surface area contributed by atoms with Crippen molar-refractivity contribution in [3.8, 4) is 0 Å². The summed E-state index contributed by atoms with van der Waals surface area (Å²) in [4.78, 5) is 32.0. The van der Waals surface area contributed by atoms with Gasteiger partial charge in [0.15, 0.2) is 0 Å². The summed E-state index contributed by atoms with van der Waals surface area (Å²) in [5.41, 5.74) is 5.38. The van der Waals surface area contributed by atoms with Crippen molar-refractivity contribution in [2.45, 2.75) is 19.8 Å². The standard InChI is InChI=1S/C12H17N5O4/c1-2-6-14-12(18)15-7-5-8-3-4-9(17(20)21)11(16-19)10(8)13/h3-4H,2,5-7,13H2,1H3,(H2,14,15,18). The van der Waals surface area contributed by atoms with Crippen LogP contribution in [0.25, 0.3) is 0 Å². The molecule has 0 fully saturated rings. The minimum atomic E-state index is -0.715. The Labute approximate surface area is 121 Å². The molecule has 0 heterocycles. The molecule has 0 saturated carbocycles. The van der Waals surface area contributed by atoms with E-state index >= 15 is 0 Å². The van der Waals surface area contributed by atoms with Crippen LogP contribution in [0.4, 0.5) is 21.9 Å². The third kappa shape index (κ3) is 4.41. The summed E-state index contributed by atoms with van der Waals surface area (Å²) >= 11 is 0. The number of nitrogens with two attached hydrogens (primary N) is 1. The van der Waals surface area contributed by atoms with E-state index in [2.05, 4.69) is 15.8 Å². The molecule has 114 valence electrons. The van der Waals surface area contributed by atoms with Gasteiger partial charge in [-0.05, 0) is 29.6 Å². The zero-order valence-corrected chi connectivity index (χ0v) is 11.6. The number of nitro benzene ring substituents is 1. The summed E-state index contributed by atoms with van der Waals surface area (Å²) in [5.74, 6) is 0. The second kappa shape index (κ2) is 7.78. The topological polar surface area (TPSA) is 140 Å². The van der Waals surface area contributed by atoms with E-state index in [1.54, 1.807) is 0 Å². The Hall–Kier alpha value is -2.71. The van der Waals surface area contributed by atoms with Crippen molar-refractivity contribution in [1.29, 1.82) is 0 Å². The number of hydrogen-bond donors (Lipinski definition) is 3. The maximum absolute atomic E-state index is 11.3. The maximum atomic E-state index is 11.3. The first kappa shape index (κ1) is 16.3. The highest BCUT2D eigenvalue weighted by atomic mass is 16.6. The fourth-order valence-corrected chi connectivity index (χ4v) is 1.71. The number of carbonyl (C=O) groups is 1. The lowest BCUT2D eigenvalue weighted by molar-refractivity contribution is -0.384. The van der Waals surface area contributed by atoms with Crippen molar-refractivity contribution in [1.82, 2.24) is 10.6 Å². The molecular weight excluding hydrogens is 278 g/mol. The van der Waals surface area contributed by atoms with Gasteiger partial charge in [-0.3, -0.25) is 10.1 Å². The molecule has 1 aromatic carbocycles. The molecule has 0 unspecified atom stereocenters. The van der Waals surface area contributed by atoms with Gasteiger partial charge < -0.3 is 16.4 Å². The van der Waals surface area contributed by atoms with Crippen molar-refractivity contribution < 1.29 is 9.72 Å². The Morgan fingerprint density at radius 2 is 2.05 bits per heavy atom. The molecule has 4 N–H and O–H groups in total. The number of carbonyl (C=O) groups excluding carboxylic acids is 1. The molecular formula is C12H17N5O4. The zero-order valence-electron chi connectivity index (χ0n) is 11.6. The second-order valence-electron chi connectivity index (χ2n) is 4.29. The van der Waals surface area contributed by atoms with Crippen LogP contribution in [0.2, 0.25) is 0 Å².